The fourth-order valence-electron chi connectivity index (χ4n) is 2.63. The Morgan fingerprint density at radius 2 is 2.37 bits per heavy atom. The largest absolute Gasteiger partial charge is 0.341 e. The first-order valence-electron chi connectivity index (χ1n) is 7.00. The molecule has 1 aliphatic heterocycles. The Morgan fingerprint density at radius 1 is 1.47 bits per heavy atom. The van der Waals surface area contributed by atoms with E-state index in [2.05, 4.69) is 40.3 Å². The zero-order valence-electron chi connectivity index (χ0n) is 11.6. The molecule has 0 amide bonds. The minimum Gasteiger partial charge on any atom is -0.341 e. The topological polar surface area (TPSA) is 45.5 Å². The van der Waals surface area contributed by atoms with Crippen molar-refractivity contribution in [3.05, 3.63) is 23.9 Å². The number of nitrogens with zero attached hydrogens (tertiary/aromatic N) is 4. The zero-order valence-corrected chi connectivity index (χ0v) is 11.6. The number of aryl methyl sites for hydroxylation is 1. The van der Waals surface area contributed by atoms with E-state index in [4.69, 9.17) is 0 Å². The molecule has 2 aromatic rings. The Balaban J connectivity index is 1.75. The molecule has 1 atom stereocenters. The van der Waals surface area contributed by atoms with Crippen LogP contribution < -0.4 is 10.2 Å². The molecule has 5 heteroatoms. The lowest BCUT2D eigenvalue weighted by Gasteiger charge is -2.27. The van der Waals surface area contributed by atoms with Gasteiger partial charge in [0, 0.05) is 25.8 Å². The quantitative estimate of drug-likeness (QED) is 0.909. The van der Waals surface area contributed by atoms with E-state index in [9.17, 15) is 0 Å². The van der Waals surface area contributed by atoms with Crippen molar-refractivity contribution in [2.24, 2.45) is 0 Å². The fourth-order valence-corrected chi connectivity index (χ4v) is 2.63. The van der Waals surface area contributed by atoms with Gasteiger partial charge < -0.3 is 10.2 Å². The minimum atomic E-state index is 0.562. The number of likely N-dealkylation sites (N-methyl/N-ethyl adjacent to an activating group) is 1. The van der Waals surface area contributed by atoms with Gasteiger partial charge in [0.1, 0.15) is 0 Å². The van der Waals surface area contributed by atoms with Crippen LogP contribution in [0.3, 0.4) is 0 Å². The smallest absolute Gasteiger partial charge is 0.245 e. The number of rotatable bonds is 3. The predicted octanol–water partition coefficient (Wildman–Crippen LogP) is 1.62. The molecule has 1 fully saturated rings. The van der Waals surface area contributed by atoms with Crippen molar-refractivity contribution in [2.75, 3.05) is 25.0 Å². The lowest BCUT2D eigenvalue weighted by molar-refractivity contribution is 0.402. The summed E-state index contributed by atoms with van der Waals surface area (Å²) in [7, 11) is 2.07. The van der Waals surface area contributed by atoms with Crippen LogP contribution in [-0.4, -0.2) is 40.8 Å². The molecule has 0 spiro atoms. The summed E-state index contributed by atoms with van der Waals surface area (Å²) in [5.74, 6) is 0.804. The summed E-state index contributed by atoms with van der Waals surface area (Å²) < 4.78 is 1.84. The van der Waals surface area contributed by atoms with Gasteiger partial charge in [0.15, 0.2) is 5.65 Å². The summed E-state index contributed by atoms with van der Waals surface area (Å²) >= 11 is 0. The van der Waals surface area contributed by atoms with E-state index in [0.29, 0.717) is 6.04 Å². The number of anilines is 1. The molecule has 0 aliphatic carbocycles. The Morgan fingerprint density at radius 3 is 3.16 bits per heavy atom. The van der Waals surface area contributed by atoms with E-state index in [1.807, 2.05) is 16.8 Å². The molecule has 0 bridgehead atoms. The second kappa shape index (κ2) is 5.17. The van der Waals surface area contributed by atoms with E-state index in [1.54, 1.807) is 0 Å². The molecule has 102 valence electrons. The Hall–Kier alpha value is -1.62. The van der Waals surface area contributed by atoms with Gasteiger partial charge in [-0.2, -0.15) is 4.98 Å². The van der Waals surface area contributed by atoms with Crippen molar-refractivity contribution in [1.82, 2.24) is 19.9 Å². The van der Waals surface area contributed by atoms with Crippen LogP contribution in [0, 0.1) is 6.92 Å². The number of hydrogen-bond acceptors (Lipinski definition) is 4. The van der Waals surface area contributed by atoms with Crippen molar-refractivity contribution in [3.63, 3.8) is 0 Å². The van der Waals surface area contributed by atoms with Crippen molar-refractivity contribution >= 4 is 11.6 Å². The van der Waals surface area contributed by atoms with Crippen LogP contribution in [0.1, 0.15) is 24.8 Å². The van der Waals surface area contributed by atoms with Gasteiger partial charge in [-0.3, -0.25) is 0 Å². The highest BCUT2D eigenvalue weighted by Gasteiger charge is 2.17. The third-order valence-corrected chi connectivity index (χ3v) is 3.73. The van der Waals surface area contributed by atoms with Crippen molar-refractivity contribution in [3.8, 4) is 0 Å². The third kappa shape index (κ3) is 2.71. The summed E-state index contributed by atoms with van der Waals surface area (Å²) in [6, 6.07) is 4.67. The second-order valence-corrected chi connectivity index (χ2v) is 5.45. The summed E-state index contributed by atoms with van der Waals surface area (Å²) in [5.41, 5.74) is 2.13. The van der Waals surface area contributed by atoms with E-state index >= 15 is 0 Å². The Kier molecular flexibility index (Phi) is 3.38. The highest BCUT2D eigenvalue weighted by atomic mass is 15.4. The van der Waals surface area contributed by atoms with E-state index in [-0.39, 0.29) is 0 Å². The maximum atomic E-state index is 4.59. The first kappa shape index (κ1) is 12.4. The van der Waals surface area contributed by atoms with Crippen LogP contribution in [0.2, 0.25) is 0 Å². The average molecular weight is 259 g/mol. The molecule has 5 nitrogen and oxygen atoms in total. The molecular formula is C14H21N5. The normalized spacial score (nSPS) is 19.8. The zero-order chi connectivity index (χ0) is 13.2. The van der Waals surface area contributed by atoms with Gasteiger partial charge in [-0.15, -0.1) is 5.10 Å². The van der Waals surface area contributed by atoms with Crippen LogP contribution in [-0.2, 0) is 0 Å². The molecule has 19 heavy (non-hydrogen) atoms. The molecule has 3 heterocycles. The Bertz CT molecular complexity index is 556. The van der Waals surface area contributed by atoms with Crippen LogP contribution >= 0.6 is 0 Å². The molecular weight excluding hydrogens is 238 g/mol. The van der Waals surface area contributed by atoms with Gasteiger partial charge in [0.05, 0.1) is 0 Å². The standard InChI is InChI=1S/C14H21N5/c1-11-6-8-19-13(9-11)16-14(17-19)18(2)10-12-5-3-4-7-15-12/h6,8-9,12,15H,3-5,7,10H2,1-2H3. The van der Waals surface area contributed by atoms with E-state index < -0.39 is 0 Å². The third-order valence-electron chi connectivity index (χ3n) is 3.73. The number of aromatic nitrogens is 3. The number of pyridine rings is 1. The summed E-state index contributed by atoms with van der Waals surface area (Å²) in [6.07, 6.45) is 5.83. The molecule has 1 saturated heterocycles. The number of fused-ring (bicyclic) bond motifs is 1. The fraction of sp³-hybridized carbons (Fsp3) is 0.571. The first-order valence-corrected chi connectivity index (χ1v) is 7.00. The SMILES string of the molecule is Cc1ccn2nc(N(C)CC3CCCCN3)nc2c1. The van der Waals surface area contributed by atoms with E-state index in [1.165, 1.54) is 24.8 Å². The maximum Gasteiger partial charge on any atom is 0.245 e. The van der Waals surface area contributed by atoms with Gasteiger partial charge in [-0.1, -0.05) is 6.42 Å². The highest BCUT2D eigenvalue weighted by Crippen LogP contribution is 2.13. The average Bonchev–Trinajstić information content (AvgIpc) is 2.83. The van der Waals surface area contributed by atoms with Crippen molar-refractivity contribution < 1.29 is 0 Å². The molecule has 0 radical (unpaired) electrons. The second-order valence-electron chi connectivity index (χ2n) is 5.45. The van der Waals surface area contributed by atoms with Gasteiger partial charge in [0.25, 0.3) is 0 Å². The number of hydrogen-bond donors (Lipinski definition) is 1. The van der Waals surface area contributed by atoms with Gasteiger partial charge >= 0.3 is 0 Å². The molecule has 2 aromatic heterocycles. The lowest BCUT2D eigenvalue weighted by Crippen LogP contribution is -2.42. The van der Waals surface area contributed by atoms with Gasteiger partial charge in [0.2, 0.25) is 5.95 Å². The maximum absolute atomic E-state index is 4.59. The molecule has 1 N–H and O–H groups in total. The monoisotopic (exact) mass is 259 g/mol. The highest BCUT2D eigenvalue weighted by molar-refractivity contribution is 5.46. The molecule has 1 aliphatic rings. The predicted molar refractivity (Wildman–Crippen MR) is 76.6 cm³/mol. The van der Waals surface area contributed by atoms with Crippen molar-refractivity contribution in [1.29, 1.82) is 0 Å². The van der Waals surface area contributed by atoms with Gasteiger partial charge in [-0.25, -0.2) is 4.52 Å². The first-order chi connectivity index (χ1) is 9.22. The lowest BCUT2D eigenvalue weighted by atomic mass is 10.1. The minimum absolute atomic E-state index is 0.562. The van der Waals surface area contributed by atoms with Crippen LogP contribution in [0.25, 0.3) is 5.65 Å². The summed E-state index contributed by atoms with van der Waals surface area (Å²) in [5, 5.41) is 8.08. The molecule has 3 rings (SSSR count). The number of nitrogens with one attached hydrogen (secondary N) is 1. The van der Waals surface area contributed by atoms with Crippen LogP contribution in [0.4, 0.5) is 5.95 Å². The number of piperidine rings is 1. The van der Waals surface area contributed by atoms with Crippen LogP contribution in [0.5, 0.6) is 0 Å². The van der Waals surface area contributed by atoms with Crippen LogP contribution in [0.15, 0.2) is 18.3 Å². The molecule has 1 unspecified atom stereocenters. The Labute approximate surface area is 113 Å². The molecule has 0 saturated carbocycles. The summed E-state index contributed by atoms with van der Waals surface area (Å²) in [4.78, 5) is 6.73. The van der Waals surface area contributed by atoms with Crippen molar-refractivity contribution in [2.45, 2.75) is 32.2 Å². The van der Waals surface area contributed by atoms with Gasteiger partial charge in [-0.05, 0) is 44.0 Å². The van der Waals surface area contributed by atoms with E-state index in [0.717, 1.165) is 24.7 Å². The summed E-state index contributed by atoms with van der Waals surface area (Å²) in [6.45, 7) is 4.18. The molecule has 0 aromatic carbocycles.